The van der Waals surface area contributed by atoms with Gasteiger partial charge in [-0.3, -0.25) is 5.32 Å². The summed E-state index contributed by atoms with van der Waals surface area (Å²) in [6, 6.07) is 1.36. The van der Waals surface area contributed by atoms with Gasteiger partial charge in [0.2, 0.25) is 5.88 Å². The summed E-state index contributed by atoms with van der Waals surface area (Å²) in [5.41, 5.74) is 0. The zero-order valence-corrected chi connectivity index (χ0v) is 10.7. The number of allylic oxidation sites excluding steroid dienone is 1. The Morgan fingerprint density at radius 2 is 2.39 bits per heavy atom. The maximum Gasteiger partial charge on any atom is 0.322 e. The van der Waals surface area contributed by atoms with E-state index in [1.807, 2.05) is 6.08 Å². The van der Waals surface area contributed by atoms with Gasteiger partial charge in [0.05, 0.1) is 7.11 Å². The van der Waals surface area contributed by atoms with Crippen molar-refractivity contribution < 1.29 is 9.53 Å². The normalized spacial score (nSPS) is 9.67. The van der Waals surface area contributed by atoms with Gasteiger partial charge in [0, 0.05) is 19.7 Å². The van der Waals surface area contributed by atoms with E-state index >= 15 is 0 Å². The summed E-state index contributed by atoms with van der Waals surface area (Å²) in [4.78, 5) is 21.2. The van der Waals surface area contributed by atoms with E-state index in [-0.39, 0.29) is 6.03 Å². The van der Waals surface area contributed by atoms with Crippen LogP contribution in [0, 0.1) is 0 Å². The summed E-state index contributed by atoms with van der Waals surface area (Å²) in [7, 11) is 3.24. The first kappa shape index (κ1) is 14.0. The number of hydrogen-bond acceptors (Lipinski definition) is 4. The highest BCUT2D eigenvalue weighted by Crippen LogP contribution is 2.10. The minimum absolute atomic E-state index is 0.209. The Hall–Kier alpha value is -2.11. The summed E-state index contributed by atoms with van der Waals surface area (Å²) in [5, 5.41) is 2.67. The fraction of sp³-hybridized carbons (Fsp3) is 0.417. The molecule has 98 valence electrons. The summed E-state index contributed by atoms with van der Waals surface area (Å²) in [6.07, 6.45) is 4.95. The molecule has 0 bridgehead atoms. The van der Waals surface area contributed by atoms with Gasteiger partial charge < -0.3 is 9.64 Å². The van der Waals surface area contributed by atoms with E-state index < -0.39 is 0 Å². The molecule has 0 fully saturated rings. The Balaban J connectivity index is 2.49. The number of anilines is 1. The molecule has 2 amide bonds. The molecule has 1 rings (SSSR count). The second-order valence-electron chi connectivity index (χ2n) is 3.73. The summed E-state index contributed by atoms with van der Waals surface area (Å²) in [5.74, 6) is 0.831. The minimum Gasteiger partial charge on any atom is -0.481 e. The van der Waals surface area contributed by atoms with Gasteiger partial charge in [0.1, 0.15) is 12.1 Å². The van der Waals surface area contributed by atoms with Crippen LogP contribution < -0.4 is 10.1 Å². The lowest BCUT2D eigenvalue weighted by atomic mass is 10.3. The van der Waals surface area contributed by atoms with Crippen molar-refractivity contribution in [1.29, 1.82) is 0 Å². The Morgan fingerprint density at radius 3 is 3.06 bits per heavy atom. The number of nitrogens with one attached hydrogen (secondary N) is 1. The second kappa shape index (κ2) is 7.26. The van der Waals surface area contributed by atoms with Crippen molar-refractivity contribution in [3.63, 3.8) is 0 Å². The van der Waals surface area contributed by atoms with Gasteiger partial charge in [-0.1, -0.05) is 6.08 Å². The number of nitrogens with zero attached hydrogens (tertiary/aromatic N) is 3. The van der Waals surface area contributed by atoms with Crippen LogP contribution in [0.1, 0.15) is 12.8 Å². The molecule has 0 unspecified atom stereocenters. The second-order valence-corrected chi connectivity index (χ2v) is 3.73. The zero-order chi connectivity index (χ0) is 13.4. The molecule has 1 heterocycles. The van der Waals surface area contributed by atoms with Crippen LogP contribution in [0.15, 0.2) is 25.0 Å². The molecule has 0 radical (unpaired) electrons. The zero-order valence-electron chi connectivity index (χ0n) is 10.7. The molecule has 6 heteroatoms. The molecule has 0 aliphatic heterocycles. The van der Waals surface area contributed by atoms with E-state index in [1.165, 1.54) is 13.4 Å². The predicted octanol–water partition coefficient (Wildman–Crippen LogP) is 1.92. The quantitative estimate of drug-likeness (QED) is 0.618. The lowest BCUT2D eigenvalue weighted by molar-refractivity contribution is 0.222. The molecule has 6 nitrogen and oxygen atoms in total. The average Bonchev–Trinajstić information content (AvgIpc) is 2.39. The van der Waals surface area contributed by atoms with Crippen molar-refractivity contribution in [2.75, 3.05) is 26.0 Å². The molecule has 1 N–H and O–H groups in total. The van der Waals surface area contributed by atoms with Gasteiger partial charge in [-0.2, -0.15) is 0 Å². The molecule has 0 saturated heterocycles. The van der Waals surface area contributed by atoms with Crippen molar-refractivity contribution >= 4 is 11.8 Å². The lowest BCUT2D eigenvalue weighted by Crippen LogP contribution is -2.32. The topological polar surface area (TPSA) is 67.4 Å². The van der Waals surface area contributed by atoms with Crippen LogP contribution in [0.4, 0.5) is 10.6 Å². The number of hydrogen-bond donors (Lipinski definition) is 1. The van der Waals surface area contributed by atoms with E-state index in [9.17, 15) is 4.79 Å². The van der Waals surface area contributed by atoms with Crippen LogP contribution in [-0.2, 0) is 0 Å². The van der Waals surface area contributed by atoms with Gasteiger partial charge in [-0.15, -0.1) is 6.58 Å². The van der Waals surface area contributed by atoms with Crippen molar-refractivity contribution in [2.45, 2.75) is 12.8 Å². The Kier molecular flexibility index (Phi) is 5.63. The maximum atomic E-state index is 11.8. The summed E-state index contributed by atoms with van der Waals surface area (Å²) in [6.45, 7) is 4.31. The van der Waals surface area contributed by atoms with Crippen molar-refractivity contribution in [3.05, 3.63) is 25.0 Å². The van der Waals surface area contributed by atoms with Crippen LogP contribution in [-0.4, -0.2) is 41.6 Å². The number of aromatic nitrogens is 2. The van der Waals surface area contributed by atoms with Gasteiger partial charge >= 0.3 is 6.03 Å². The van der Waals surface area contributed by atoms with Crippen LogP contribution in [0.25, 0.3) is 0 Å². The largest absolute Gasteiger partial charge is 0.481 e. The molecule has 0 aliphatic carbocycles. The molecule has 0 saturated carbocycles. The predicted molar refractivity (Wildman–Crippen MR) is 69.7 cm³/mol. The van der Waals surface area contributed by atoms with Gasteiger partial charge in [-0.25, -0.2) is 14.8 Å². The fourth-order valence-electron chi connectivity index (χ4n) is 1.30. The maximum absolute atomic E-state index is 11.8. The first-order valence-electron chi connectivity index (χ1n) is 5.66. The van der Waals surface area contributed by atoms with Crippen LogP contribution in [0.5, 0.6) is 5.88 Å². The summed E-state index contributed by atoms with van der Waals surface area (Å²) < 4.78 is 4.95. The molecule has 0 spiro atoms. The highest BCUT2D eigenvalue weighted by Gasteiger charge is 2.09. The molecule has 0 aliphatic rings. The molecule has 1 aromatic heterocycles. The first-order valence-corrected chi connectivity index (χ1v) is 5.66. The third kappa shape index (κ3) is 4.40. The summed E-state index contributed by atoms with van der Waals surface area (Å²) >= 11 is 0. The number of ether oxygens (including phenoxy) is 1. The van der Waals surface area contributed by atoms with Crippen molar-refractivity contribution in [1.82, 2.24) is 14.9 Å². The number of carbonyl (C=O) groups is 1. The average molecular weight is 250 g/mol. The van der Waals surface area contributed by atoms with E-state index in [4.69, 9.17) is 4.74 Å². The lowest BCUT2D eigenvalue weighted by Gasteiger charge is -2.17. The van der Waals surface area contributed by atoms with Crippen molar-refractivity contribution in [2.24, 2.45) is 0 Å². The Morgan fingerprint density at radius 1 is 1.61 bits per heavy atom. The number of methoxy groups -OCH3 is 1. The molecular weight excluding hydrogens is 232 g/mol. The molecule has 0 atom stereocenters. The third-order valence-electron chi connectivity index (χ3n) is 2.33. The third-order valence-corrected chi connectivity index (χ3v) is 2.33. The SMILES string of the molecule is C=CCCCN(C)C(=O)Nc1cc(OC)ncn1. The number of carbonyl (C=O) groups excluding carboxylic acids is 1. The smallest absolute Gasteiger partial charge is 0.322 e. The fourth-order valence-corrected chi connectivity index (χ4v) is 1.30. The van der Waals surface area contributed by atoms with Crippen LogP contribution in [0.3, 0.4) is 0 Å². The standard InChI is InChI=1S/C12H18N4O2/c1-4-5-6-7-16(2)12(17)15-10-8-11(18-3)14-9-13-10/h4,8-9H,1,5-7H2,2-3H3,(H,13,14,15,17). The molecule has 1 aromatic rings. The highest BCUT2D eigenvalue weighted by molar-refractivity contribution is 5.88. The Bertz CT molecular complexity index is 409. The van der Waals surface area contributed by atoms with Crippen LogP contribution in [0.2, 0.25) is 0 Å². The van der Waals surface area contributed by atoms with E-state index in [2.05, 4.69) is 21.9 Å². The van der Waals surface area contributed by atoms with Gasteiger partial charge in [0.25, 0.3) is 0 Å². The van der Waals surface area contributed by atoms with E-state index in [0.29, 0.717) is 18.2 Å². The monoisotopic (exact) mass is 250 g/mol. The van der Waals surface area contributed by atoms with Gasteiger partial charge in [0.15, 0.2) is 0 Å². The number of amides is 2. The Labute approximate surface area is 107 Å². The number of unbranched alkanes of at least 4 members (excludes halogenated alkanes) is 1. The van der Waals surface area contributed by atoms with E-state index in [1.54, 1.807) is 18.0 Å². The van der Waals surface area contributed by atoms with Crippen LogP contribution >= 0.6 is 0 Å². The first-order chi connectivity index (χ1) is 8.67. The molecular formula is C12H18N4O2. The van der Waals surface area contributed by atoms with Crippen molar-refractivity contribution in [3.8, 4) is 5.88 Å². The van der Waals surface area contributed by atoms with Gasteiger partial charge in [-0.05, 0) is 12.8 Å². The highest BCUT2D eigenvalue weighted by atomic mass is 16.5. The number of rotatable bonds is 6. The molecule has 0 aromatic carbocycles. The number of urea groups is 1. The minimum atomic E-state index is -0.209. The van der Waals surface area contributed by atoms with E-state index in [0.717, 1.165) is 12.8 Å². The molecule has 18 heavy (non-hydrogen) atoms.